The molecule has 1 heterocycles. The molecule has 1 aliphatic rings. The Morgan fingerprint density at radius 1 is 1.50 bits per heavy atom. The Balaban J connectivity index is 0.000000336. The van der Waals surface area contributed by atoms with Crippen LogP contribution in [0.1, 0.15) is 37.6 Å². The van der Waals surface area contributed by atoms with E-state index in [2.05, 4.69) is 4.98 Å². The first-order valence-corrected chi connectivity index (χ1v) is 4.45. The first-order chi connectivity index (χ1) is 5.88. The molecule has 1 unspecified atom stereocenters. The van der Waals surface area contributed by atoms with Gasteiger partial charge in [0.15, 0.2) is 0 Å². The van der Waals surface area contributed by atoms with Crippen molar-refractivity contribution in [1.29, 1.82) is 0 Å². The fourth-order valence-electron chi connectivity index (χ4n) is 1.39. The van der Waals surface area contributed by atoms with Gasteiger partial charge in [-0.25, -0.2) is 4.39 Å². The molecule has 2 rings (SSSR count). The van der Waals surface area contributed by atoms with Gasteiger partial charge in [0.25, 0.3) is 0 Å². The molecule has 0 saturated carbocycles. The fraction of sp³-hybridized carbons (Fsp3) is 0.500. The monoisotopic (exact) mass is 167 g/mol. The summed E-state index contributed by atoms with van der Waals surface area (Å²) in [6.07, 6.45) is 4.16. The molecule has 0 amide bonds. The number of pyridine rings is 1. The molecule has 12 heavy (non-hydrogen) atoms. The molecule has 66 valence electrons. The molecule has 0 saturated heterocycles. The molecule has 0 radical (unpaired) electrons. The lowest BCUT2D eigenvalue weighted by atomic mass is 10.2. The number of aromatic nitrogens is 1. The summed E-state index contributed by atoms with van der Waals surface area (Å²) < 4.78 is 12.9. The zero-order valence-electron chi connectivity index (χ0n) is 7.55. The number of rotatable bonds is 0. The summed E-state index contributed by atoms with van der Waals surface area (Å²) in [5.74, 6) is 0. The van der Waals surface area contributed by atoms with Crippen LogP contribution in [-0.4, -0.2) is 4.98 Å². The minimum atomic E-state index is -0.738. The summed E-state index contributed by atoms with van der Waals surface area (Å²) in [5, 5.41) is 0. The molecule has 0 fully saturated rings. The van der Waals surface area contributed by atoms with Crippen LogP contribution in [-0.2, 0) is 6.42 Å². The van der Waals surface area contributed by atoms with Crippen LogP contribution in [0, 0.1) is 0 Å². The lowest BCUT2D eigenvalue weighted by molar-refractivity contribution is 0.344. The molecular weight excluding hydrogens is 153 g/mol. The summed E-state index contributed by atoms with van der Waals surface area (Å²) in [6.45, 7) is 4.00. The van der Waals surface area contributed by atoms with E-state index in [1.54, 1.807) is 18.5 Å². The maximum Gasteiger partial charge on any atom is 0.126 e. The SMILES string of the molecule is CC.FC1CCc2cnccc21. The topological polar surface area (TPSA) is 12.9 Å². The molecular formula is C10H14FN. The first-order valence-electron chi connectivity index (χ1n) is 4.45. The van der Waals surface area contributed by atoms with Gasteiger partial charge in [-0.1, -0.05) is 13.8 Å². The minimum Gasteiger partial charge on any atom is -0.264 e. The van der Waals surface area contributed by atoms with E-state index in [0.717, 1.165) is 17.5 Å². The van der Waals surface area contributed by atoms with E-state index in [1.165, 1.54) is 0 Å². The number of fused-ring (bicyclic) bond motifs is 1. The largest absolute Gasteiger partial charge is 0.264 e. The van der Waals surface area contributed by atoms with Crippen molar-refractivity contribution in [3.63, 3.8) is 0 Å². The van der Waals surface area contributed by atoms with Gasteiger partial charge in [0, 0.05) is 12.4 Å². The Hall–Kier alpha value is -0.920. The second kappa shape index (κ2) is 4.19. The molecule has 0 spiro atoms. The van der Waals surface area contributed by atoms with Gasteiger partial charge in [0.2, 0.25) is 0 Å². The highest BCUT2D eigenvalue weighted by molar-refractivity contribution is 5.29. The van der Waals surface area contributed by atoms with Crippen molar-refractivity contribution < 1.29 is 4.39 Å². The summed E-state index contributed by atoms with van der Waals surface area (Å²) >= 11 is 0. The van der Waals surface area contributed by atoms with Crippen molar-refractivity contribution >= 4 is 0 Å². The summed E-state index contributed by atoms with van der Waals surface area (Å²) in [7, 11) is 0. The van der Waals surface area contributed by atoms with Crippen LogP contribution in [0.3, 0.4) is 0 Å². The molecule has 1 nitrogen and oxygen atoms in total. The van der Waals surface area contributed by atoms with Crippen LogP contribution in [0.5, 0.6) is 0 Å². The number of hydrogen-bond acceptors (Lipinski definition) is 1. The Morgan fingerprint density at radius 2 is 2.25 bits per heavy atom. The fourth-order valence-corrected chi connectivity index (χ4v) is 1.39. The molecule has 1 aromatic rings. The molecule has 0 aromatic carbocycles. The van der Waals surface area contributed by atoms with Crippen molar-refractivity contribution in [2.45, 2.75) is 32.9 Å². The van der Waals surface area contributed by atoms with E-state index in [9.17, 15) is 4.39 Å². The van der Waals surface area contributed by atoms with E-state index in [0.29, 0.717) is 6.42 Å². The molecule has 0 aliphatic heterocycles. The summed E-state index contributed by atoms with van der Waals surface area (Å²) in [5.41, 5.74) is 1.92. The van der Waals surface area contributed by atoms with Gasteiger partial charge in [-0.2, -0.15) is 0 Å². The van der Waals surface area contributed by atoms with Crippen molar-refractivity contribution in [2.75, 3.05) is 0 Å². The van der Waals surface area contributed by atoms with E-state index < -0.39 is 6.17 Å². The Labute approximate surface area is 72.6 Å². The number of hydrogen-bond donors (Lipinski definition) is 0. The van der Waals surface area contributed by atoms with Crippen LogP contribution in [0.2, 0.25) is 0 Å². The first kappa shape index (κ1) is 9.17. The number of halogens is 1. The Kier molecular flexibility index (Phi) is 3.20. The third kappa shape index (κ3) is 1.63. The lowest BCUT2D eigenvalue weighted by Crippen LogP contribution is -1.84. The van der Waals surface area contributed by atoms with E-state index in [-0.39, 0.29) is 0 Å². The normalized spacial score (nSPS) is 19.4. The highest BCUT2D eigenvalue weighted by atomic mass is 19.1. The maximum atomic E-state index is 12.9. The van der Waals surface area contributed by atoms with Gasteiger partial charge < -0.3 is 0 Å². The van der Waals surface area contributed by atoms with Crippen LogP contribution in [0.4, 0.5) is 4.39 Å². The van der Waals surface area contributed by atoms with Crippen molar-refractivity contribution in [3.8, 4) is 0 Å². The number of aryl methyl sites for hydroxylation is 1. The predicted molar refractivity (Wildman–Crippen MR) is 47.8 cm³/mol. The number of nitrogens with zero attached hydrogens (tertiary/aromatic N) is 1. The zero-order valence-corrected chi connectivity index (χ0v) is 7.55. The lowest BCUT2D eigenvalue weighted by Gasteiger charge is -1.97. The van der Waals surface area contributed by atoms with E-state index in [1.807, 2.05) is 13.8 Å². The minimum absolute atomic E-state index is 0.640. The second-order valence-electron chi connectivity index (χ2n) is 2.58. The highest BCUT2D eigenvalue weighted by Gasteiger charge is 2.20. The highest BCUT2D eigenvalue weighted by Crippen LogP contribution is 2.32. The number of alkyl halides is 1. The quantitative estimate of drug-likeness (QED) is 0.578. The van der Waals surface area contributed by atoms with E-state index in [4.69, 9.17) is 0 Å². The van der Waals surface area contributed by atoms with Crippen LogP contribution < -0.4 is 0 Å². The molecule has 0 N–H and O–H groups in total. The average Bonchev–Trinajstić information content (AvgIpc) is 2.53. The summed E-state index contributed by atoms with van der Waals surface area (Å²) in [6, 6.07) is 1.77. The van der Waals surface area contributed by atoms with Gasteiger partial charge >= 0.3 is 0 Å². The Bertz CT molecular complexity index is 247. The average molecular weight is 167 g/mol. The van der Waals surface area contributed by atoms with Gasteiger partial charge in [-0.3, -0.25) is 4.98 Å². The summed E-state index contributed by atoms with van der Waals surface area (Å²) in [4.78, 5) is 3.92. The molecule has 1 atom stereocenters. The van der Waals surface area contributed by atoms with Crippen molar-refractivity contribution in [3.05, 3.63) is 29.6 Å². The Morgan fingerprint density at radius 3 is 2.92 bits per heavy atom. The van der Waals surface area contributed by atoms with Crippen LogP contribution in [0.15, 0.2) is 18.5 Å². The molecule has 0 bridgehead atoms. The van der Waals surface area contributed by atoms with E-state index >= 15 is 0 Å². The van der Waals surface area contributed by atoms with Crippen LogP contribution in [0.25, 0.3) is 0 Å². The van der Waals surface area contributed by atoms with Crippen molar-refractivity contribution in [1.82, 2.24) is 4.98 Å². The smallest absolute Gasteiger partial charge is 0.126 e. The standard InChI is InChI=1S/C8H8FN.C2H6/c9-8-2-1-6-5-10-4-3-7(6)8;1-2/h3-5,8H,1-2H2;1-2H3. The van der Waals surface area contributed by atoms with Crippen LogP contribution >= 0.6 is 0 Å². The van der Waals surface area contributed by atoms with Gasteiger partial charge in [0.05, 0.1) is 0 Å². The van der Waals surface area contributed by atoms with Gasteiger partial charge in [-0.15, -0.1) is 0 Å². The van der Waals surface area contributed by atoms with Gasteiger partial charge in [0.1, 0.15) is 6.17 Å². The third-order valence-corrected chi connectivity index (χ3v) is 1.95. The second-order valence-corrected chi connectivity index (χ2v) is 2.58. The van der Waals surface area contributed by atoms with Gasteiger partial charge in [-0.05, 0) is 30.0 Å². The zero-order chi connectivity index (χ0) is 8.97. The molecule has 1 aromatic heterocycles. The third-order valence-electron chi connectivity index (χ3n) is 1.95. The predicted octanol–water partition coefficient (Wildman–Crippen LogP) is 3.06. The molecule has 1 aliphatic carbocycles. The molecule has 2 heteroatoms. The van der Waals surface area contributed by atoms with Crippen molar-refractivity contribution in [2.24, 2.45) is 0 Å². The maximum absolute atomic E-state index is 12.9.